The molecule has 100 valence electrons. The van der Waals surface area contributed by atoms with Crippen LogP contribution >= 0.6 is 0 Å². The summed E-state index contributed by atoms with van der Waals surface area (Å²) in [5, 5.41) is 0. The largest absolute Gasteiger partial charge is 0.443 e. The van der Waals surface area contributed by atoms with Crippen molar-refractivity contribution in [3.8, 4) is 0 Å². The van der Waals surface area contributed by atoms with Gasteiger partial charge in [0, 0.05) is 6.54 Å². The lowest BCUT2D eigenvalue weighted by atomic mass is 10.1. The van der Waals surface area contributed by atoms with Gasteiger partial charge in [0.15, 0.2) is 0 Å². The van der Waals surface area contributed by atoms with E-state index in [1.807, 2.05) is 0 Å². The Morgan fingerprint density at radius 3 is 2.61 bits per heavy atom. The number of ether oxygens (including phenoxy) is 1. The van der Waals surface area contributed by atoms with Crippen molar-refractivity contribution in [3.05, 3.63) is 35.1 Å². The first-order valence-corrected chi connectivity index (χ1v) is 5.75. The summed E-state index contributed by atoms with van der Waals surface area (Å²) in [6.45, 7) is 7.37. The number of benzene rings is 1. The fraction of sp³-hybridized carbons (Fsp3) is 0.462. The number of halogens is 1. The fourth-order valence-electron chi connectivity index (χ4n) is 1.27. The predicted octanol–water partition coefficient (Wildman–Crippen LogP) is 2.66. The van der Waals surface area contributed by atoms with Crippen LogP contribution in [-0.4, -0.2) is 11.7 Å². The van der Waals surface area contributed by atoms with Crippen molar-refractivity contribution in [2.75, 3.05) is 0 Å². The number of nitrogens with one attached hydrogen (secondary N) is 2. The van der Waals surface area contributed by atoms with E-state index in [-0.39, 0.29) is 5.82 Å². The molecule has 2 N–H and O–H groups in total. The van der Waals surface area contributed by atoms with E-state index in [1.165, 1.54) is 6.07 Å². The van der Waals surface area contributed by atoms with Crippen molar-refractivity contribution >= 4 is 6.09 Å². The summed E-state index contributed by atoms with van der Waals surface area (Å²) in [6.07, 6.45) is -0.560. The van der Waals surface area contributed by atoms with Crippen LogP contribution in [-0.2, 0) is 11.3 Å². The zero-order valence-electron chi connectivity index (χ0n) is 11.1. The molecule has 5 heteroatoms. The highest BCUT2D eigenvalue weighted by atomic mass is 19.1. The highest BCUT2D eigenvalue weighted by Gasteiger charge is 2.15. The minimum Gasteiger partial charge on any atom is -0.443 e. The topological polar surface area (TPSA) is 50.4 Å². The Bertz CT molecular complexity index is 427. The van der Waals surface area contributed by atoms with Gasteiger partial charge >= 0.3 is 6.09 Å². The van der Waals surface area contributed by atoms with Crippen LogP contribution in [0.3, 0.4) is 0 Å². The van der Waals surface area contributed by atoms with E-state index in [9.17, 15) is 9.18 Å². The van der Waals surface area contributed by atoms with Crippen LogP contribution < -0.4 is 10.9 Å². The lowest BCUT2D eigenvalue weighted by molar-refractivity contribution is 0.0497. The number of hydrogen-bond donors (Lipinski definition) is 2. The quantitative estimate of drug-likeness (QED) is 0.815. The molecule has 0 fully saturated rings. The molecule has 0 heterocycles. The Labute approximate surface area is 106 Å². The standard InChI is InChI=1S/C13H19FN2O2/c1-9-5-6-10(7-11(9)14)8-15-16-12(17)18-13(2,3)4/h5-7,15H,8H2,1-4H3,(H,16,17). The molecule has 1 amide bonds. The third-order valence-electron chi connectivity index (χ3n) is 2.12. The molecule has 0 aromatic heterocycles. The summed E-state index contributed by atoms with van der Waals surface area (Å²) >= 11 is 0. The Kier molecular flexibility index (Phi) is 4.67. The Hall–Kier alpha value is -1.62. The van der Waals surface area contributed by atoms with Gasteiger partial charge in [-0.1, -0.05) is 12.1 Å². The third-order valence-corrected chi connectivity index (χ3v) is 2.12. The first-order valence-electron chi connectivity index (χ1n) is 5.75. The van der Waals surface area contributed by atoms with Gasteiger partial charge in [-0.05, 0) is 44.9 Å². The smallest absolute Gasteiger partial charge is 0.422 e. The summed E-state index contributed by atoms with van der Waals surface area (Å²) in [5.74, 6) is -0.258. The van der Waals surface area contributed by atoms with Crippen molar-refractivity contribution in [3.63, 3.8) is 0 Å². The molecule has 1 rings (SSSR count). The van der Waals surface area contributed by atoms with Gasteiger partial charge < -0.3 is 4.74 Å². The highest BCUT2D eigenvalue weighted by Crippen LogP contribution is 2.09. The maximum atomic E-state index is 13.2. The molecule has 1 aromatic rings. The van der Waals surface area contributed by atoms with Gasteiger partial charge in [0.2, 0.25) is 0 Å². The normalized spacial score (nSPS) is 11.2. The summed E-state index contributed by atoms with van der Waals surface area (Å²) in [4.78, 5) is 11.3. The molecule has 0 radical (unpaired) electrons. The summed E-state index contributed by atoms with van der Waals surface area (Å²) in [5.41, 5.74) is 5.87. The minimum atomic E-state index is -0.560. The van der Waals surface area contributed by atoms with Crippen LogP contribution in [0.2, 0.25) is 0 Å². The fourth-order valence-corrected chi connectivity index (χ4v) is 1.27. The lowest BCUT2D eigenvalue weighted by Gasteiger charge is -2.19. The molecule has 4 nitrogen and oxygen atoms in total. The average Bonchev–Trinajstić information content (AvgIpc) is 2.20. The molecular formula is C13H19FN2O2. The lowest BCUT2D eigenvalue weighted by Crippen LogP contribution is -2.40. The van der Waals surface area contributed by atoms with E-state index in [2.05, 4.69) is 10.9 Å². The summed E-state index contributed by atoms with van der Waals surface area (Å²) in [7, 11) is 0. The second-order valence-electron chi connectivity index (χ2n) is 5.06. The maximum Gasteiger partial charge on any atom is 0.422 e. The first-order chi connectivity index (χ1) is 8.28. The number of hydrogen-bond acceptors (Lipinski definition) is 3. The number of aryl methyl sites for hydroxylation is 1. The molecule has 18 heavy (non-hydrogen) atoms. The van der Waals surface area contributed by atoms with E-state index in [0.717, 1.165) is 5.56 Å². The van der Waals surface area contributed by atoms with Crippen LogP contribution in [0.5, 0.6) is 0 Å². The van der Waals surface area contributed by atoms with Crippen LogP contribution in [0.4, 0.5) is 9.18 Å². The summed E-state index contributed by atoms with van der Waals surface area (Å²) in [6, 6.07) is 4.92. The molecule has 0 bridgehead atoms. The van der Waals surface area contributed by atoms with Crippen LogP contribution in [0.25, 0.3) is 0 Å². The summed E-state index contributed by atoms with van der Waals surface area (Å²) < 4.78 is 18.3. The molecule has 0 spiro atoms. The van der Waals surface area contributed by atoms with E-state index in [1.54, 1.807) is 39.8 Å². The molecule has 0 atom stereocenters. The van der Waals surface area contributed by atoms with E-state index in [0.29, 0.717) is 12.1 Å². The molecule has 0 aliphatic rings. The van der Waals surface area contributed by atoms with Gasteiger partial charge in [0.1, 0.15) is 11.4 Å². The molecule has 0 aliphatic heterocycles. The van der Waals surface area contributed by atoms with Crippen LogP contribution in [0.15, 0.2) is 18.2 Å². The monoisotopic (exact) mass is 254 g/mol. The number of amides is 1. The first kappa shape index (κ1) is 14.4. The Morgan fingerprint density at radius 1 is 1.39 bits per heavy atom. The predicted molar refractivity (Wildman–Crippen MR) is 67.3 cm³/mol. The van der Waals surface area contributed by atoms with Crippen LogP contribution in [0.1, 0.15) is 31.9 Å². The Morgan fingerprint density at radius 2 is 2.06 bits per heavy atom. The van der Waals surface area contributed by atoms with Gasteiger partial charge in [-0.25, -0.2) is 14.6 Å². The average molecular weight is 254 g/mol. The number of carbonyl (C=O) groups excluding carboxylic acids is 1. The van der Waals surface area contributed by atoms with E-state index < -0.39 is 11.7 Å². The third kappa shape index (κ3) is 5.14. The zero-order chi connectivity index (χ0) is 13.8. The number of hydrazine groups is 1. The maximum absolute atomic E-state index is 13.2. The molecule has 0 unspecified atom stereocenters. The minimum absolute atomic E-state index is 0.258. The van der Waals surface area contributed by atoms with Crippen LogP contribution in [0, 0.1) is 12.7 Å². The van der Waals surface area contributed by atoms with Gasteiger partial charge in [-0.3, -0.25) is 5.43 Å². The highest BCUT2D eigenvalue weighted by molar-refractivity contribution is 5.66. The van der Waals surface area contributed by atoms with Crippen molar-refractivity contribution in [2.24, 2.45) is 0 Å². The van der Waals surface area contributed by atoms with Gasteiger partial charge in [-0.2, -0.15) is 0 Å². The Balaban J connectivity index is 2.38. The molecule has 0 aliphatic carbocycles. The van der Waals surface area contributed by atoms with Gasteiger partial charge in [0.25, 0.3) is 0 Å². The zero-order valence-corrected chi connectivity index (χ0v) is 11.1. The molecule has 1 aromatic carbocycles. The number of rotatable bonds is 3. The van der Waals surface area contributed by atoms with Gasteiger partial charge in [-0.15, -0.1) is 0 Å². The molecule has 0 saturated heterocycles. The van der Waals surface area contributed by atoms with E-state index in [4.69, 9.17) is 4.74 Å². The van der Waals surface area contributed by atoms with Crippen molar-refractivity contribution in [1.29, 1.82) is 0 Å². The number of carbonyl (C=O) groups is 1. The second-order valence-corrected chi connectivity index (χ2v) is 5.06. The van der Waals surface area contributed by atoms with Crippen molar-refractivity contribution in [1.82, 2.24) is 10.9 Å². The van der Waals surface area contributed by atoms with E-state index >= 15 is 0 Å². The SMILES string of the molecule is Cc1ccc(CNNC(=O)OC(C)(C)C)cc1F. The molecule has 0 saturated carbocycles. The second kappa shape index (κ2) is 5.82. The van der Waals surface area contributed by atoms with Crippen molar-refractivity contribution in [2.45, 2.75) is 39.8 Å². The van der Waals surface area contributed by atoms with Crippen molar-refractivity contribution < 1.29 is 13.9 Å². The molecular weight excluding hydrogens is 235 g/mol. The van der Waals surface area contributed by atoms with Gasteiger partial charge in [0.05, 0.1) is 0 Å².